The first-order chi connectivity index (χ1) is 14.8. The molecule has 0 radical (unpaired) electrons. The maximum atomic E-state index is 12.8. The van der Waals surface area contributed by atoms with E-state index >= 15 is 0 Å². The van der Waals surface area contributed by atoms with Gasteiger partial charge in [0.2, 0.25) is 0 Å². The van der Waals surface area contributed by atoms with Gasteiger partial charge >= 0.3 is 5.97 Å². The van der Waals surface area contributed by atoms with Crippen molar-refractivity contribution in [1.82, 2.24) is 4.57 Å². The van der Waals surface area contributed by atoms with Crippen LogP contribution in [0.2, 0.25) is 0 Å². The Balaban J connectivity index is 1.83. The van der Waals surface area contributed by atoms with E-state index in [0.717, 1.165) is 48.5 Å². The van der Waals surface area contributed by atoms with Crippen molar-refractivity contribution in [3.63, 3.8) is 0 Å². The molecule has 0 saturated carbocycles. The van der Waals surface area contributed by atoms with Crippen LogP contribution in [-0.2, 0) is 20.8 Å². The summed E-state index contributed by atoms with van der Waals surface area (Å²) in [5.41, 5.74) is 4.40. The molecule has 1 unspecified atom stereocenters. The fourth-order valence-electron chi connectivity index (χ4n) is 3.74. The first-order valence-corrected chi connectivity index (χ1v) is 10.2. The highest BCUT2D eigenvalue weighted by atomic mass is 16.5. The van der Waals surface area contributed by atoms with Gasteiger partial charge in [-0.25, -0.2) is 4.79 Å². The Morgan fingerprint density at radius 1 is 1.32 bits per heavy atom. The van der Waals surface area contributed by atoms with Gasteiger partial charge in [0, 0.05) is 30.2 Å². The molecule has 7 nitrogen and oxygen atoms in total. The minimum atomic E-state index is -0.531. The molecule has 1 aromatic heterocycles. The van der Waals surface area contributed by atoms with Gasteiger partial charge in [0.1, 0.15) is 11.6 Å². The summed E-state index contributed by atoms with van der Waals surface area (Å²) >= 11 is 0. The van der Waals surface area contributed by atoms with Crippen LogP contribution >= 0.6 is 0 Å². The number of hydrogen-bond donors (Lipinski definition) is 1. The Bertz CT molecular complexity index is 1070. The van der Waals surface area contributed by atoms with Crippen LogP contribution in [0.3, 0.4) is 0 Å². The molecule has 1 amide bonds. The summed E-state index contributed by atoms with van der Waals surface area (Å²) in [6.45, 7) is 7.36. The lowest BCUT2D eigenvalue weighted by molar-refractivity contribution is -0.112. The molecule has 1 fully saturated rings. The minimum absolute atomic E-state index is 0.0137. The van der Waals surface area contributed by atoms with Crippen LogP contribution in [-0.4, -0.2) is 36.3 Å². The Kier molecular flexibility index (Phi) is 6.93. The van der Waals surface area contributed by atoms with Crippen molar-refractivity contribution in [2.45, 2.75) is 46.3 Å². The van der Waals surface area contributed by atoms with Crippen molar-refractivity contribution < 1.29 is 19.1 Å². The van der Waals surface area contributed by atoms with Crippen molar-refractivity contribution in [2.75, 3.05) is 19.0 Å². The van der Waals surface area contributed by atoms with Crippen molar-refractivity contribution in [3.05, 3.63) is 57.9 Å². The molecule has 1 aromatic carbocycles. The molecule has 7 heteroatoms. The number of methoxy groups -OCH3 is 1. The molecule has 2 heterocycles. The van der Waals surface area contributed by atoms with E-state index in [9.17, 15) is 14.9 Å². The number of nitrogens with one attached hydrogen (secondary N) is 1. The fourth-order valence-corrected chi connectivity index (χ4v) is 3.74. The second kappa shape index (κ2) is 9.63. The van der Waals surface area contributed by atoms with Crippen LogP contribution in [0.25, 0.3) is 6.08 Å². The summed E-state index contributed by atoms with van der Waals surface area (Å²) < 4.78 is 12.6. The van der Waals surface area contributed by atoms with Crippen molar-refractivity contribution >= 4 is 23.6 Å². The van der Waals surface area contributed by atoms with E-state index < -0.39 is 11.9 Å². The lowest BCUT2D eigenvalue weighted by atomic mass is 10.1. The number of rotatable bonds is 6. The quantitative estimate of drug-likeness (QED) is 0.433. The molecular weight excluding hydrogens is 394 g/mol. The zero-order valence-electron chi connectivity index (χ0n) is 18.3. The number of benzene rings is 1. The number of ether oxygens (including phenoxy) is 2. The summed E-state index contributed by atoms with van der Waals surface area (Å²) in [5, 5.41) is 12.3. The summed E-state index contributed by atoms with van der Waals surface area (Å²) in [5.74, 6) is -1.03. The summed E-state index contributed by atoms with van der Waals surface area (Å²) in [4.78, 5) is 24.6. The Labute approximate surface area is 182 Å². The highest BCUT2D eigenvalue weighted by Crippen LogP contribution is 2.23. The molecule has 0 aliphatic carbocycles. The average Bonchev–Trinajstić information content (AvgIpc) is 3.36. The molecule has 1 saturated heterocycles. The average molecular weight is 421 g/mol. The highest BCUT2D eigenvalue weighted by molar-refractivity contribution is 6.10. The smallest absolute Gasteiger partial charge is 0.337 e. The largest absolute Gasteiger partial charge is 0.465 e. The van der Waals surface area contributed by atoms with Gasteiger partial charge in [-0.05, 0) is 69.0 Å². The molecule has 3 rings (SSSR count). The Morgan fingerprint density at radius 3 is 2.74 bits per heavy atom. The van der Waals surface area contributed by atoms with E-state index in [1.807, 2.05) is 32.9 Å². The van der Waals surface area contributed by atoms with Gasteiger partial charge in [-0.2, -0.15) is 5.26 Å². The van der Waals surface area contributed by atoms with E-state index in [1.165, 1.54) is 7.11 Å². The number of nitriles is 1. The van der Waals surface area contributed by atoms with Gasteiger partial charge in [0.25, 0.3) is 5.91 Å². The monoisotopic (exact) mass is 421 g/mol. The SMILES string of the molecule is COC(=O)c1ccc(C)c(NC(=O)C(C#N)=Cc2cc(C)n(CC3CCCO3)c2C)c1. The lowest BCUT2D eigenvalue weighted by Crippen LogP contribution is -2.17. The van der Waals surface area contributed by atoms with E-state index in [0.29, 0.717) is 11.3 Å². The first kappa shape index (κ1) is 22.3. The van der Waals surface area contributed by atoms with Crippen LogP contribution in [0.4, 0.5) is 5.69 Å². The molecule has 1 N–H and O–H groups in total. The number of anilines is 1. The number of aromatic nitrogens is 1. The first-order valence-electron chi connectivity index (χ1n) is 10.2. The van der Waals surface area contributed by atoms with Crippen LogP contribution < -0.4 is 5.32 Å². The Hall–Kier alpha value is -3.37. The number of esters is 1. The Morgan fingerprint density at radius 2 is 2.10 bits per heavy atom. The molecule has 1 aliphatic heterocycles. The third kappa shape index (κ3) is 5.04. The summed E-state index contributed by atoms with van der Waals surface area (Å²) in [7, 11) is 1.30. The predicted octanol–water partition coefficient (Wildman–Crippen LogP) is 3.92. The van der Waals surface area contributed by atoms with E-state index in [-0.39, 0.29) is 11.7 Å². The van der Waals surface area contributed by atoms with Crippen LogP contribution in [0, 0.1) is 32.1 Å². The number of carbonyl (C=O) groups excluding carboxylic acids is 2. The number of aryl methyl sites for hydroxylation is 2. The van der Waals surface area contributed by atoms with Crippen molar-refractivity contribution in [2.24, 2.45) is 0 Å². The molecule has 31 heavy (non-hydrogen) atoms. The fraction of sp³-hybridized carbons (Fsp3) is 0.375. The maximum Gasteiger partial charge on any atom is 0.337 e. The minimum Gasteiger partial charge on any atom is -0.465 e. The third-order valence-electron chi connectivity index (χ3n) is 5.59. The molecule has 1 atom stereocenters. The molecule has 0 spiro atoms. The third-order valence-corrected chi connectivity index (χ3v) is 5.59. The van der Waals surface area contributed by atoms with Crippen molar-refractivity contribution in [1.29, 1.82) is 5.26 Å². The second-order valence-corrected chi connectivity index (χ2v) is 7.72. The van der Waals surface area contributed by atoms with E-state index in [2.05, 4.69) is 9.88 Å². The topological polar surface area (TPSA) is 93.4 Å². The zero-order chi connectivity index (χ0) is 22.5. The molecule has 0 bridgehead atoms. The number of nitrogens with zero attached hydrogens (tertiary/aromatic N) is 2. The maximum absolute atomic E-state index is 12.8. The van der Waals surface area contributed by atoms with Crippen LogP contribution in [0.15, 0.2) is 29.8 Å². The number of amides is 1. The van der Waals surface area contributed by atoms with Crippen LogP contribution in [0.5, 0.6) is 0 Å². The molecule has 162 valence electrons. The standard InChI is InChI=1S/C24H27N3O4/c1-15-7-8-18(24(29)30-4)12-22(15)26-23(28)20(13-25)11-19-10-16(2)27(17(19)3)14-21-6-5-9-31-21/h7-8,10-12,21H,5-6,9,14H2,1-4H3,(H,26,28). The highest BCUT2D eigenvalue weighted by Gasteiger charge is 2.19. The zero-order valence-corrected chi connectivity index (χ0v) is 18.3. The van der Waals surface area contributed by atoms with Gasteiger partial charge in [0.15, 0.2) is 0 Å². The van der Waals surface area contributed by atoms with Crippen molar-refractivity contribution in [3.8, 4) is 6.07 Å². The van der Waals surface area contributed by atoms with Gasteiger partial charge in [-0.1, -0.05) is 6.07 Å². The predicted molar refractivity (Wildman–Crippen MR) is 118 cm³/mol. The number of hydrogen-bond acceptors (Lipinski definition) is 5. The van der Waals surface area contributed by atoms with Gasteiger partial charge in [-0.15, -0.1) is 0 Å². The van der Waals surface area contributed by atoms with Gasteiger partial charge in [-0.3, -0.25) is 4.79 Å². The molecular formula is C24H27N3O4. The molecule has 1 aliphatic rings. The van der Waals surface area contributed by atoms with E-state index in [4.69, 9.17) is 9.47 Å². The lowest BCUT2D eigenvalue weighted by Gasteiger charge is -2.14. The summed E-state index contributed by atoms with van der Waals surface area (Å²) in [6, 6.07) is 8.85. The number of carbonyl (C=O) groups is 2. The van der Waals surface area contributed by atoms with Gasteiger partial charge in [0.05, 0.1) is 18.8 Å². The van der Waals surface area contributed by atoms with E-state index in [1.54, 1.807) is 24.3 Å². The summed E-state index contributed by atoms with van der Waals surface area (Å²) in [6.07, 6.45) is 3.92. The van der Waals surface area contributed by atoms with Gasteiger partial charge < -0.3 is 19.4 Å². The van der Waals surface area contributed by atoms with Crippen LogP contribution in [0.1, 0.15) is 45.7 Å². The second-order valence-electron chi connectivity index (χ2n) is 7.72. The normalized spacial score (nSPS) is 16.1. The molecule has 2 aromatic rings.